The summed E-state index contributed by atoms with van der Waals surface area (Å²) in [6, 6.07) is 13.0. The summed E-state index contributed by atoms with van der Waals surface area (Å²) in [5, 5.41) is 0. The van der Waals surface area contributed by atoms with Crippen molar-refractivity contribution in [2.24, 2.45) is 0 Å². The lowest BCUT2D eigenvalue weighted by atomic mass is 10.1. The fourth-order valence-electron chi connectivity index (χ4n) is 1.87. The molecule has 1 aromatic carbocycles. The second kappa shape index (κ2) is 5.20. The van der Waals surface area contributed by atoms with Crippen LogP contribution in [0.2, 0.25) is 0 Å². The van der Waals surface area contributed by atoms with Crippen LogP contribution in [0.25, 0.3) is 11.3 Å². The Kier molecular flexibility index (Phi) is 3.25. The van der Waals surface area contributed by atoms with Gasteiger partial charge in [0.25, 0.3) is 0 Å². The maximum atomic E-state index is 10.8. The second-order valence-electron chi connectivity index (χ2n) is 4.38. The minimum absolute atomic E-state index is 0.101. The maximum Gasteiger partial charge on any atom is 0.214 e. The third-order valence-electron chi connectivity index (χ3n) is 2.94. The first kappa shape index (κ1) is 11.9. The number of hydrogen-bond donors (Lipinski definition) is 0. The van der Waals surface area contributed by atoms with E-state index in [-0.39, 0.29) is 6.10 Å². The first-order valence-electron chi connectivity index (χ1n) is 6.12. The predicted octanol–water partition coefficient (Wildman–Crippen LogP) is 2.34. The average Bonchev–Trinajstić information content (AvgIpc) is 2.43. The number of aromatic nitrogens is 1. The van der Waals surface area contributed by atoms with Crippen molar-refractivity contribution < 1.29 is 14.3 Å². The van der Waals surface area contributed by atoms with Gasteiger partial charge in [-0.2, -0.15) is 0 Å². The molecule has 19 heavy (non-hydrogen) atoms. The molecule has 1 fully saturated rings. The van der Waals surface area contributed by atoms with E-state index in [0.717, 1.165) is 17.5 Å². The molecule has 1 saturated heterocycles. The van der Waals surface area contributed by atoms with Crippen molar-refractivity contribution in [2.75, 3.05) is 13.2 Å². The monoisotopic (exact) mass is 255 g/mol. The van der Waals surface area contributed by atoms with Crippen LogP contribution >= 0.6 is 0 Å². The Balaban J connectivity index is 1.86. The van der Waals surface area contributed by atoms with Crippen molar-refractivity contribution >= 4 is 6.29 Å². The van der Waals surface area contributed by atoms with Gasteiger partial charge < -0.3 is 9.47 Å². The summed E-state index contributed by atoms with van der Waals surface area (Å²) in [4.78, 5) is 15.2. The molecule has 0 aliphatic carbocycles. The molecule has 1 aromatic heterocycles. The predicted molar refractivity (Wildman–Crippen MR) is 70.3 cm³/mol. The van der Waals surface area contributed by atoms with Crippen molar-refractivity contribution in [3.63, 3.8) is 0 Å². The van der Waals surface area contributed by atoms with Crippen LogP contribution in [0.15, 0.2) is 42.5 Å². The van der Waals surface area contributed by atoms with Crippen molar-refractivity contribution in [1.29, 1.82) is 0 Å². The van der Waals surface area contributed by atoms with E-state index in [9.17, 15) is 4.79 Å². The Morgan fingerprint density at radius 2 is 2.05 bits per heavy atom. The molecule has 2 aromatic rings. The fraction of sp³-hybridized carbons (Fsp3) is 0.200. The van der Waals surface area contributed by atoms with Crippen molar-refractivity contribution in [2.45, 2.75) is 6.10 Å². The Labute approximate surface area is 111 Å². The molecule has 0 saturated carbocycles. The molecule has 0 unspecified atom stereocenters. The highest BCUT2D eigenvalue weighted by Gasteiger charge is 2.20. The van der Waals surface area contributed by atoms with Crippen LogP contribution in [-0.4, -0.2) is 30.6 Å². The summed E-state index contributed by atoms with van der Waals surface area (Å²) in [5.41, 5.74) is 2.33. The lowest BCUT2D eigenvalue weighted by Crippen LogP contribution is -2.38. The third-order valence-corrected chi connectivity index (χ3v) is 2.94. The molecular formula is C15H13NO3. The van der Waals surface area contributed by atoms with E-state index in [0.29, 0.717) is 24.7 Å². The van der Waals surface area contributed by atoms with Gasteiger partial charge >= 0.3 is 0 Å². The number of hydrogen-bond acceptors (Lipinski definition) is 4. The highest BCUT2D eigenvalue weighted by molar-refractivity contribution is 5.78. The van der Waals surface area contributed by atoms with Crippen LogP contribution in [0.4, 0.5) is 0 Å². The zero-order valence-corrected chi connectivity index (χ0v) is 10.3. The molecule has 0 bridgehead atoms. The van der Waals surface area contributed by atoms with Crippen LogP contribution in [0, 0.1) is 0 Å². The summed E-state index contributed by atoms with van der Waals surface area (Å²) in [5.74, 6) is 0.585. The molecule has 4 heteroatoms. The number of nitrogens with zero attached hydrogens (tertiary/aromatic N) is 1. The van der Waals surface area contributed by atoms with E-state index >= 15 is 0 Å². The first-order valence-corrected chi connectivity index (χ1v) is 6.12. The molecule has 0 spiro atoms. The number of pyridine rings is 1. The van der Waals surface area contributed by atoms with Crippen LogP contribution in [-0.2, 0) is 4.74 Å². The highest BCUT2D eigenvalue weighted by Crippen LogP contribution is 2.21. The van der Waals surface area contributed by atoms with Crippen LogP contribution in [0.5, 0.6) is 5.88 Å². The Morgan fingerprint density at radius 3 is 2.79 bits per heavy atom. The molecule has 0 amide bonds. The smallest absolute Gasteiger partial charge is 0.214 e. The average molecular weight is 255 g/mol. The molecule has 1 aliphatic heterocycles. The zero-order valence-electron chi connectivity index (χ0n) is 10.3. The van der Waals surface area contributed by atoms with E-state index in [1.54, 1.807) is 6.07 Å². The van der Waals surface area contributed by atoms with Crippen LogP contribution < -0.4 is 4.74 Å². The number of ether oxygens (including phenoxy) is 2. The van der Waals surface area contributed by atoms with Gasteiger partial charge in [-0.25, -0.2) is 4.98 Å². The normalized spacial score (nSPS) is 14.7. The SMILES string of the molecule is O=Cc1cccc(-c2cccc(OC3COC3)n2)c1. The second-order valence-corrected chi connectivity index (χ2v) is 4.38. The summed E-state index contributed by atoms with van der Waals surface area (Å²) in [7, 11) is 0. The molecule has 2 heterocycles. The summed E-state index contributed by atoms with van der Waals surface area (Å²) >= 11 is 0. The van der Waals surface area contributed by atoms with Gasteiger partial charge in [-0.1, -0.05) is 24.3 Å². The van der Waals surface area contributed by atoms with Crippen LogP contribution in [0.3, 0.4) is 0 Å². The van der Waals surface area contributed by atoms with Gasteiger partial charge in [0.05, 0.1) is 18.9 Å². The molecule has 96 valence electrons. The van der Waals surface area contributed by atoms with E-state index in [1.165, 1.54) is 0 Å². The summed E-state index contributed by atoms with van der Waals surface area (Å²) in [6.45, 7) is 1.24. The summed E-state index contributed by atoms with van der Waals surface area (Å²) in [6.07, 6.45) is 0.930. The van der Waals surface area contributed by atoms with Gasteiger partial charge in [-0.15, -0.1) is 0 Å². The first-order chi connectivity index (χ1) is 9.35. The molecule has 0 radical (unpaired) electrons. The minimum atomic E-state index is 0.101. The van der Waals surface area contributed by atoms with Gasteiger partial charge in [0.1, 0.15) is 12.4 Å². The van der Waals surface area contributed by atoms with Gasteiger partial charge in [0.2, 0.25) is 5.88 Å². The van der Waals surface area contributed by atoms with E-state index in [1.807, 2.05) is 36.4 Å². The van der Waals surface area contributed by atoms with Gasteiger partial charge in [-0.3, -0.25) is 4.79 Å². The topological polar surface area (TPSA) is 48.4 Å². The quantitative estimate of drug-likeness (QED) is 0.787. The number of carbonyl (C=O) groups excluding carboxylic acids is 1. The lowest BCUT2D eigenvalue weighted by molar-refractivity contribution is -0.0812. The van der Waals surface area contributed by atoms with Crippen LogP contribution in [0.1, 0.15) is 10.4 Å². The standard InChI is InChI=1S/C15H13NO3/c17-8-11-3-1-4-12(7-11)14-5-2-6-15(16-14)19-13-9-18-10-13/h1-8,13H,9-10H2. The molecule has 0 atom stereocenters. The third kappa shape index (κ3) is 2.63. The number of rotatable bonds is 4. The lowest BCUT2D eigenvalue weighted by Gasteiger charge is -2.26. The Morgan fingerprint density at radius 1 is 1.21 bits per heavy atom. The van der Waals surface area contributed by atoms with Crippen molar-refractivity contribution in [3.8, 4) is 17.1 Å². The zero-order chi connectivity index (χ0) is 13.1. The highest BCUT2D eigenvalue weighted by atomic mass is 16.6. The molecule has 3 rings (SSSR count). The Hall–Kier alpha value is -2.20. The van der Waals surface area contributed by atoms with Gasteiger partial charge in [0, 0.05) is 17.2 Å². The van der Waals surface area contributed by atoms with E-state index in [4.69, 9.17) is 9.47 Å². The minimum Gasteiger partial charge on any atom is -0.469 e. The van der Waals surface area contributed by atoms with E-state index < -0.39 is 0 Å². The van der Waals surface area contributed by atoms with Gasteiger partial charge in [0.15, 0.2) is 0 Å². The number of carbonyl (C=O) groups is 1. The molecule has 0 N–H and O–H groups in total. The number of benzene rings is 1. The Bertz CT molecular complexity index is 593. The van der Waals surface area contributed by atoms with E-state index in [2.05, 4.69) is 4.98 Å². The largest absolute Gasteiger partial charge is 0.469 e. The summed E-state index contributed by atoms with van der Waals surface area (Å²) < 4.78 is 10.7. The molecule has 1 aliphatic rings. The van der Waals surface area contributed by atoms with Gasteiger partial charge in [-0.05, 0) is 12.1 Å². The maximum absolute atomic E-state index is 10.8. The molecule has 4 nitrogen and oxygen atoms in total. The molecular weight excluding hydrogens is 242 g/mol. The number of aldehydes is 1. The van der Waals surface area contributed by atoms with Crippen molar-refractivity contribution in [3.05, 3.63) is 48.0 Å². The van der Waals surface area contributed by atoms with Crippen molar-refractivity contribution in [1.82, 2.24) is 4.98 Å². The fourth-order valence-corrected chi connectivity index (χ4v) is 1.87.